The van der Waals surface area contributed by atoms with Crippen LogP contribution in [0.5, 0.6) is 0 Å². The van der Waals surface area contributed by atoms with Gasteiger partial charge in [-0.15, -0.1) is 11.8 Å². The number of likely N-dealkylation sites (tertiary alicyclic amines) is 1. The quantitative estimate of drug-likeness (QED) is 0.579. The Kier molecular flexibility index (Phi) is 8.27. The summed E-state index contributed by atoms with van der Waals surface area (Å²) in [6.07, 6.45) is 4.91. The first-order valence-electron chi connectivity index (χ1n) is 14.3. The van der Waals surface area contributed by atoms with Crippen LogP contribution in [0.2, 0.25) is 0 Å². The van der Waals surface area contributed by atoms with Crippen molar-refractivity contribution in [1.82, 2.24) is 9.80 Å². The number of thioether (sulfide) groups is 1. The number of benzene rings is 2. The van der Waals surface area contributed by atoms with Crippen LogP contribution in [-0.2, 0) is 20.7 Å². The molecule has 2 aromatic rings. The van der Waals surface area contributed by atoms with Gasteiger partial charge < -0.3 is 29.5 Å². The highest BCUT2D eigenvalue weighted by Gasteiger charge is 2.38. The minimum Gasteiger partial charge on any atom is -0.381 e. The van der Waals surface area contributed by atoms with Crippen LogP contribution in [0.1, 0.15) is 37.7 Å². The van der Waals surface area contributed by atoms with Crippen LogP contribution < -0.4 is 10.2 Å². The van der Waals surface area contributed by atoms with Gasteiger partial charge in [-0.3, -0.25) is 4.79 Å². The lowest BCUT2D eigenvalue weighted by Crippen LogP contribution is -2.51. The van der Waals surface area contributed by atoms with Crippen LogP contribution >= 0.6 is 11.8 Å². The number of piperidine rings is 1. The van der Waals surface area contributed by atoms with E-state index in [1.807, 2.05) is 34.1 Å². The van der Waals surface area contributed by atoms with Crippen LogP contribution in [0.3, 0.4) is 0 Å². The summed E-state index contributed by atoms with van der Waals surface area (Å²) in [6, 6.07) is 18.6. The maximum atomic E-state index is 13.4. The molecule has 2 aromatic carbocycles. The summed E-state index contributed by atoms with van der Waals surface area (Å²) in [4.78, 5) is 32.6. The third-order valence-corrected chi connectivity index (χ3v) is 10.0. The van der Waals surface area contributed by atoms with Crippen molar-refractivity contribution in [3.63, 3.8) is 0 Å². The lowest BCUT2D eigenvalue weighted by atomic mass is 9.99. The van der Waals surface area contributed by atoms with Gasteiger partial charge in [0.05, 0.1) is 11.8 Å². The highest BCUT2D eigenvalue weighted by Crippen LogP contribution is 2.40. The molecule has 3 fully saturated rings. The first kappa shape index (κ1) is 26.5. The van der Waals surface area contributed by atoms with Crippen molar-refractivity contribution >= 4 is 35.1 Å². The maximum Gasteiger partial charge on any atom is 0.322 e. The van der Waals surface area contributed by atoms with Gasteiger partial charge in [-0.1, -0.05) is 36.4 Å². The summed E-state index contributed by atoms with van der Waals surface area (Å²) < 4.78 is 11.9. The van der Waals surface area contributed by atoms with Gasteiger partial charge in [-0.2, -0.15) is 0 Å². The summed E-state index contributed by atoms with van der Waals surface area (Å²) in [6.45, 7) is 4.15. The number of urea groups is 1. The van der Waals surface area contributed by atoms with Crippen molar-refractivity contribution < 1.29 is 19.1 Å². The second-order valence-corrected chi connectivity index (χ2v) is 12.1. The third kappa shape index (κ3) is 6.05. The molecule has 8 nitrogen and oxygen atoms in total. The zero-order valence-corrected chi connectivity index (χ0v) is 23.2. The largest absolute Gasteiger partial charge is 0.381 e. The molecule has 0 bridgehead atoms. The molecule has 0 radical (unpaired) electrons. The van der Waals surface area contributed by atoms with E-state index < -0.39 is 0 Å². The molecular weight excluding hydrogens is 512 g/mol. The van der Waals surface area contributed by atoms with Gasteiger partial charge in [0.2, 0.25) is 5.91 Å². The molecule has 0 aliphatic carbocycles. The van der Waals surface area contributed by atoms with E-state index in [2.05, 4.69) is 40.5 Å². The molecule has 4 aliphatic heterocycles. The van der Waals surface area contributed by atoms with E-state index in [9.17, 15) is 9.59 Å². The standard InChI is InChI=1S/C30H38N4O4S/c35-27(32-15-11-25(12-16-32)33-17-10-22-6-4-5-9-26(22)31-30(33)36)20-28-38-21-34(24-7-2-1-3-8-24)29(39-28)23-13-18-37-19-14-23/h1-9,23,25,28-29H,10-21H2,(H,31,36). The fourth-order valence-corrected chi connectivity index (χ4v) is 7.77. The van der Waals surface area contributed by atoms with Gasteiger partial charge in [0.15, 0.2) is 0 Å². The zero-order valence-electron chi connectivity index (χ0n) is 22.4. The molecule has 3 saturated heterocycles. The van der Waals surface area contributed by atoms with Crippen LogP contribution in [0.4, 0.5) is 16.2 Å². The Bertz CT molecular complexity index is 1140. The number of hydrogen-bond donors (Lipinski definition) is 1. The Hall–Kier alpha value is -2.75. The molecule has 3 amide bonds. The summed E-state index contributed by atoms with van der Waals surface area (Å²) in [5.41, 5.74) is 3.09. The third-order valence-electron chi connectivity index (χ3n) is 8.50. The van der Waals surface area contributed by atoms with Gasteiger partial charge in [0.1, 0.15) is 12.2 Å². The van der Waals surface area contributed by atoms with Gasteiger partial charge >= 0.3 is 6.03 Å². The molecule has 0 aromatic heterocycles. The summed E-state index contributed by atoms with van der Waals surface area (Å²) in [5, 5.41) is 3.34. The van der Waals surface area contributed by atoms with Crippen molar-refractivity contribution in [2.45, 2.75) is 55.4 Å². The molecule has 1 N–H and O–H groups in total. The topological polar surface area (TPSA) is 74.3 Å². The Labute approximate surface area is 235 Å². The average molecular weight is 551 g/mol. The lowest BCUT2D eigenvalue weighted by Gasteiger charge is -2.45. The molecule has 2 unspecified atom stereocenters. The van der Waals surface area contributed by atoms with Crippen molar-refractivity contribution in [2.24, 2.45) is 5.92 Å². The minimum absolute atomic E-state index is 0.0288. The number of amides is 3. The van der Waals surface area contributed by atoms with Crippen molar-refractivity contribution in [3.8, 4) is 0 Å². The van der Waals surface area contributed by atoms with E-state index in [-0.39, 0.29) is 28.8 Å². The SMILES string of the molecule is O=C(CC1OCN(c2ccccc2)C(C2CCOCC2)S1)N1CCC(N2CCc3ccccc3NC2=O)CC1. The monoisotopic (exact) mass is 550 g/mol. The average Bonchev–Trinajstić information content (AvgIpc) is 3.16. The Morgan fingerprint density at radius 1 is 0.923 bits per heavy atom. The Balaban J connectivity index is 1.03. The molecule has 0 saturated carbocycles. The van der Waals surface area contributed by atoms with Crippen molar-refractivity contribution in [3.05, 3.63) is 60.2 Å². The predicted molar refractivity (Wildman–Crippen MR) is 154 cm³/mol. The van der Waals surface area contributed by atoms with E-state index in [1.54, 1.807) is 11.8 Å². The number of para-hydroxylation sites is 2. The Morgan fingerprint density at radius 2 is 1.67 bits per heavy atom. The van der Waals surface area contributed by atoms with Crippen molar-refractivity contribution in [2.75, 3.05) is 49.8 Å². The van der Waals surface area contributed by atoms with Crippen molar-refractivity contribution in [1.29, 1.82) is 0 Å². The first-order chi connectivity index (χ1) is 19.2. The number of nitrogens with one attached hydrogen (secondary N) is 1. The fourth-order valence-electron chi connectivity index (χ4n) is 6.26. The van der Waals surface area contributed by atoms with E-state index in [0.29, 0.717) is 38.7 Å². The van der Waals surface area contributed by atoms with Gasteiger partial charge in [0, 0.05) is 50.3 Å². The fraction of sp³-hybridized carbons (Fsp3) is 0.533. The maximum absolute atomic E-state index is 13.4. The number of anilines is 2. The second-order valence-electron chi connectivity index (χ2n) is 10.9. The summed E-state index contributed by atoms with van der Waals surface area (Å²) in [5.74, 6) is 0.657. The summed E-state index contributed by atoms with van der Waals surface area (Å²) in [7, 11) is 0. The normalized spacial score (nSPS) is 25.1. The molecule has 9 heteroatoms. The zero-order chi connectivity index (χ0) is 26.6. The number of fused-ring (bicyclic) bond motifs is 1. The predicted octanol–water partition coefficient (Wildman–Crippen LogP) is 4.76. The molecule has 39 heavy (non-hydrogen) atoms. The molecule has 6 rings (SSSR count). The first-order valence-corrected chi connectivity index (χ1v) is 15.2. The minimum atomic E-state index is -0.155. The van der Waals surface area contributed by atoms with E-state index in [0.717, 1.165) is 56.7 Å². The second kappa shape index (κ2) is 12.2. The van der Waals surface area contributed by atoms with Gasteiger partial charge in [-0.05, 0) is 61.8 Å². The molecule has 4 aliphatic rings. The number of rotatable bonds is 5. The van der Waals surface area contributed by atoms with Gasteiger partial charge in [0.25, 0.3) is 0 Å². The number of carbonyl (C=O) groups is 2. The molecule has 2 atom stereocenters. The number of hydrogen-bond acceptors (Lipinski definition) is 6. The number of ether oxygens (including phenoxy) is 2. The van der Waals surface area contributed by atoms with E-state index in [1.165, 1.54) is 5.56 Å². The van der Waals surface area contributed by atoms with Crippen LogP contribution in [-0.4, -0.2) is 78.2 Å². The lowest BCUT2D eigenvalue weighted by molar-refractivity contribution is -0.134. The van der Waals surface area contributed by atoms with E-state index >= 15 is 0 Å². The highest BCUT2D eigenvalue weighted by atomic mass is 32.2. The highest BCUT2D eigenvalue weighted by molar-refractivity contribution is 8.00. The number of carbonyl (C=O) groups excluding carboxylic acids is 2. The smallest absolute Gasteiger partial charge is 0.322 e. The van der Waals surface area contributed by atoms with Gasteiger partial charge in [-0.25, -0.2) is 4.79 Å². The molecule has 208 valence electrons. The summed E-state index contributed by atoms with van der Waals surface area (Å²) >= 11 is 1.79. The van der Waals surface area contributed by atoms with Crippen LogP contribution in [0.15, 0.2) is 54.6 Å². The van der Waals surface area contributed by atoms with E-state index in [4.69, 9.17) is 9.47 Å². The van der Waals surface area contributed by atoms with Crippen LogP contribution in [0, 0.1) is 5.92 Å². The molecule has 4 heterocycles. The van der Waals surface area contributed by atoms with Crippen LogP contribution in [0.25, 0.3) is 0 Å². The molecular formula is C30H38N4O4S. The molecule has 0 spiro atoms. The Morgan fingerprint density at radius 3 is 2.46 bits per heavy atom. The number of nitrogens with zero attached hydrogens (tertiary/aromatic N) is 3.